The number of aliphatic imine (C=N–C) groups is 1. The first-order valence-electron chi connectivity index (χ1n) is 9.67. The first-order valence-corrected chi connectivity index (χ1v) is 9.67. The van der Waals surface area contributed by atoms with Gasteiger partial charge in [-0.3, -0.25) is 9.98 Å². The van der Waals surface area contributed by atoms with Crippen molar-refractivity contribution >= 4 is 16.5 Å². The van der Waals surface area contributed by atoms with E-state index in [1.807, 2.05) is 6.07 Å². The molecule has 0 spiro atoms. The van der Waals surface area contributed by atoms with Gasteiger partial charge in [0.15, 0.2) is 0 Å². The summed E-state index contributed by atoms with van der Waals surface area (Å²) in [6.07, 6.45) is 4.70. The highest BCUT2D eigenvalue weighted by Gasteiger charge is 2.57. The Kier molecular flexibility index (Phi) is 4.30. The molecule has 0 amide bonds. The summed E-state index contributed by atoms with van der Waals surface area (Å²) in [6.45, 7) is 0.291. The van der Waals surface area contributed by atoms with Gasteiger partial charge < -0.3 is 4.74 Å². The molecule has 1 heterocycles. The first kappa shape index (κ1) is 18.2. The van der Waals surface area contributed by atoms with Crippen molar-refractivity contribution in [1.82, 2.24) is 4.98 Å². The van der Waals surface area contributed by atoms with Crippen molar-refractivity contribution < 1.29 is 17.9 Å². The minimum Gasteiger partial charge on any atom is -0.490 e. The highest BCUT2D eigenvalue weighted by Crippen LogP contribution is 2.55. The fourth-order valence-electron chi connectivity index (χ4n) is 3.78. The summed E-state index contributed by atoms with van der Waals surface area (Å²) in [5, 5.41) is 1.73. The van der Waals surface area contributed by atoms with Gasteiger partial charge in [-0.05, 0) is 41.3 Å². The minimum atomic E-state index is -2.55. The Balaban J connectivity index is 1.19. The van der Waals surface area contributed by atoms with E-state index >= 15 is 0 Å². The quantitative estimate of drug-likeness (QED) is 0.556. The van der Waals surface area contributed by atoms with Gasteiger partial charge in [-0.2, -0.15) is 0 Å². The standard InChI is InChI=1S/C23H19F3N2O/c24-22-6-3-15-12-27-8-7-19(15)20(22)13-28-16-9-18(10-16)29-17-4-1-14(2-5-17)21-11-23(21,25)26/h1-8,12,18,21H,9-11,13H2. The van der Waals surface area contributed by atoms with E-state index in [2.05, 4.69) is 9.98 Å². The number of nitrogens with zero attached hydrogens (tertiary/aromatic N) is 2. The number of rotatable bonds is 5. The van der Waals surface area contributed by atoms with Crippen LogP contribution in [-0.4, -0.2) is 22.7 Å². The number of ether oxygens (including phenoxy) is 1. The zero-order valence-corrected chi connectivity index (χ0v) is 15.6. The number of pyridine rings is 1. The Labute approximate surface area is 166 Å². The largest absolute Gasteiger partial charge is 0.490 e. The van der Waals surface area contributed by atoms with Crippen molar-refractivity contribution in [3.05, 3.63) is 71.8 Å². The molecule has 1 unspecified atom stereocenters. The maximum Gasteiger partial charge on any atom is 0.255 e. The molecule has 2 saturated carbocycles. The van der Waals surface area contributed by atoms with E-state index in [1.165, 1.54) is 6.07 Å². The highest BCUT2D eigenvalue weighted by atomic mass is 19.3. The van der Waals surface area contributed by atoms with Crippen LogP contribution in [0.15, 0.2) is 59.9 Å². The van der Waals surface area contributed by atoms with Crippen LogP contribution in [0.4, 0.5) is 13.2 Å². The summed E-state index contributed by atoms with van der Waals surface area (Å²) in [7, 11) is 0. The van der Waals surface area contributed by atoms with Crippen LogP contribution < -0.4 is 4.74 Å². The molecule has 3 nitrogen and oxygen atoms in total. The lowest BCUT2D eigenvalue weighted by molar-refractivity contribution is 0.112. The van der Waals surface area contributed by atoms with Crippen LogP contribution in [0, 0.1) is 5.82 Å². The van der Waals surface area contributed by atoms with E-state index in [0.29, 0.717) is 36.3 Å². The topological polar surface area (TPSA) is 34.5 Å². The van der Waals surface area contributed by atoms with Gasteiger partial charge in [0.1, 0.15) is 17.7 Å². The fraction of sp³-hybridized carbons (Fsp3) is 0.304. The Morgan fingerprint density at radius 2 is 1.83 bits per heavy atom. The Hall–Kier alpha value is -2.89. The predicted molar refractivity (Wildman–Crippen MR) is 105 cm³/mol. The Morgan fingerprint density at radius 3 is 2.55 bits per heavy atom. The van der Waals surface area contributed by atoms with E-state index in [9.17, 15) is 13.2 Å². The molecule has 2 aliphatic carbocycles. The molecule has 29 heavy (non-hydrogen) atoms. The third-order valence-electron chi connectivity index (χ3n) is 5.67. The summed E-state index contributed by atoms with van der Waals surface area (Å²) in [6, 6.07) is 11.9. The zero-order valence-electron chi connectivity index (χ0n) is 15.6. The average Bonchev–Trinajstić information content (AvgIpc) is 3.33. The summed E-state index contributed by atoms with van der Waals surface area (Å²) < 4.78 is 46.4. The third kappa shape index (κ3) is 3.59. The first-order chi connectivity index (χ1) is 14.0. The molecule has 5 rings (SSSR count). The van der Waals surface area contributed by atoms with Gasteiger partial charge in [0.25, 0.3) is 5.92 Å². The van der Waals surface area contributed by atoms with Crippen LogP contribution in [0.1, 0.15) is 36.3 Å². The van der Waals surface area contributed by atoms with Gasteiger partial charge in [0.05, 0.1) is 12.5 Å². The molecular formula is C23H19F3N2O. The summed E-state index contributed by atoms with van der Waals surface area (Å²) in [5.41, 5.74) is 2.23. The minimum absolute atomic E-state index is 0.0172. The molecule has 2 aliphatic rings. The van der Waals surface area contributed by atoms with E-state index in [0.717, 1.165) is 16.5 Å². The number of halogens is 3. The van der Waals surface area contributed by atoms with Gasteiger partial charge >= 0.3 is 0 Å². The summed E-state index contributed by atoms with van der Waals surface area (Å²) in [4.78, 5) is 8.63. The van der Waals surface area contributed by atoms with Crippen LogP contribution in [0.5, 0.6) is 5.75 Å². The number of hydrogen-bond acceptors (Lipinski definition) is 3. The number of hydrogen-bond donors (Lipinski definition) is 0. The third-order valence-corrected chi connectivity index (χ3v) is 5.67. The lowest BCUT2D eigenvalue weighted by Crippen LogP contribution is -2.34. The van der Waals surface area contributed by atoms with Crippen molar-refractivity contribution in [3.8, 4) is 5.75 Å². The highest BCUT2D eigenvalue weighted by molar-refractivity contribution is 5.91. The summed E-state index contributed by atoms with van der Waals surface area (Å²) >= 11 is 0. The molecule has 0 saturated heterocycles. The molecule has 148 valence electrons. The number of fused-ring (bicyclic) bond motifs is 1. The van der Waals surface area contributed by atoms with E-state index in [-0.39, 0.29) is 18.3 Å². The number of benzene rings is 2. The molecule has 1 aromatic heterocycles. The van der Waals surface area contributed by atoms with E-state index in [4.69, 9.17) is 4.74 Å². The zero-order chi connectivity index (χ0) is 20.0. The monoisotopic (exact) mass is 396 g/mol. The maximum atomic E-state index is 14.2. The SMILES string of the molecule is Fc1ccc2cnccc2c1CN=C1CC(Oc2ccc(C3CC3(F)F)cc2)C1. The van der Waals surface area contributed by atoms with Crippen LogP contribution in [0.3, 0.4) is 0 Å². The number of aromatic nitrogens is 1. The van der Waals surface area contributed by atoms with E-state index < -0.39 is 11.8 Å². The number of alkyl halides is 2. The fourth-order valence-corrected chi connectivity index (χ4v) is 3.78. The smallest absolute Gasteiger partial charge is 0.255 e. The van der Waals surface area contributed by atoms with E-state index in [1.54, 1.807) is 42.7 Å². The molecule has 3 aromatic rings. The van der Waals surface area contributed by atoms with Gasteiger partial charge in [-0.15, -0.1) is 0 Å². The van der Waals surface area contributed by atoms with Crippen LogP contribution in [-0.2, 0) is 6.54 Å². The van der Waals surface area contributed by atoms with Gasteiger partial charge in [0.2, 0.25) is 0 Å². The van der Waals surface area contributed by atoms with Crippen molar-refractivity contribution in [2.75, 3.05) is 0 Å². The van der Waals surface area contributed by atoms with Crippen molar-refractivity contribution in [2.45, 2.75) is 43.8 Å². The Bertz CT molecular complexity index is 1090. The molecule has 1 atom stereocenters. The second kappa shape index (κ2) is 6.87. The lowest BCUT2D eigenvalue weighted by atomic mass is 9.92. The normalized spacial score (nSPS) is 22.2. The molecule has 6 heteroatoms. The molecule has 2 fully saturated rings. The summed E-state index contributed by atoms with van der Waals surface area (Å²) in [5.74, 6) is -2.79. The van der Waals surface area contributed by atoms with Crippen LogP contribution in [0.2, 0.25) is 0 Å². The lowest BCUT2D eigenvalue weighted by Gasteiger charge is -2.29. The van der Waals surface area contributed by atoms with Crippen molar-refractivity contribution in [2.24, 2.45) is 4.99 Å². The molecule has 2 aromatic carbocycles. The average molecular weight is 396 g/mol. The van der Waals surface area contributed by atoms with Gasteiger partial charge in [-0.1, -0.05) is 12.1 Å². The molecule has 0 radical (unpaired) electrons. The van der Waals surface area contributed by atoms with Gasteiger partial charge in [-0.25, -0.2) is 13.2 Å². The second-order valence-electron chi connectivity index (χ2n) is 7.74. The molecular weight excluding hydrogens is 377 g/mol. The maximum absolute atomic E-state index is 14.2. The molecule has 0 N–H and O–H groups in total. The molecule has 0 aliphatic heterocycles. The molecule has 0 bridgehead atoms. The van der Waals surface area contributed by atoms with Crippen LogP contribution >= 0.6 is 0 Å². The predicted octanol–water partition coefficient (Wildman–Crippen LogP) is 5.68. The van der Waals surface area contributed by atoms with Crippen LogP contribution in [0.25, 0.3) is 10.8 Å². The van der Waals surface area contributed by atoms with Gasteiger partial charge in [0, 0.05) is 48.3 Å². The van der Waals surface area contributed by atoms with Crippen molar-refractivity contribution in [1.29, 1.82) is 0 Å². The van der Waals surface area contributed by atoms with Crippen molar-refractivity contribution in [3.63, 3.8) is 0 Å². The Morgan fingerprint density at radius 1 is 1.07 bits per heavy atom. The second-order valence-corrected chi connectivity index (χ2v) is 7.74.